The van der Waals surface area contributed by atoms with E-state index in [-0.39, 0.29) is 24.8 Å². The second-order valence-electron chi connectivity index (χ2n) is 5.72. The van der Waals surface area contributed by atoms with Crippen molar-refractivity contribution in [2.24, 2.45) is 0 Å². The zero-order valence-electron chi connectivity index (χ0n) is 12.4. The summed E-state index contributed by atoms with van der Waals surface area (Å²) in [4.78, 5) is 10.2. The van der Waals surface area contributed by atoms with Crippen LogP contribution in [0.4, 0.5) is 0 Å². The number of halogens is 2. The molecule has 5 heteroatoms. The molecule has 0 spiro atoms. The van der Waals surface area contributed by atoms with Gasteiger partial charge in [0.1, 0.15) is 0 Å². The van der Waals surface area contributed by atoms with Gasteiger partial charge in [0.15, 0.2) is 0 Å². The molecule has 1 aliphatic carbocycles. The fourth-order valence-corrected chi connectivity index (χ4v) is 2.94. The zero-order chi connectivity index (χ0) is 14.0. The van der Waals surface area contributed by atoms with E-state index in [9.17, 15) is 4.80 Å². The average Bonchev–Trinajstić information content (AvgIpc) is 2.63. The zero-order valence-corrected chi connectivity index (χ0v) is 16.4. The Morgan fingerprint density at radius 1 is 0.810 bits per heavy atom. The molecule has 1 nitrogen and oxygen atoms in total. The van der Waals surface area contributed by atoms with Gasteiger partial charge in [-0.15, -0.1) is 0 Å². The summed E-state index contributed by atoms with van der Waals surface area (Å²) in [5.74, 6) is 0. The molecule has 2 aromatic rings. The van der Waals surface area contributed by atoms with Crippen LogP contribution in [0.25, 0.3) is 11.1 Å². The summed E-state index contributed by atoms with van der Waals surface area (Å²) < 4.78 is 0.558. The predicted octanol–water partition coefficient (Wildman–Crippen LogP) is -2.51. The minimum atomic E-state index is -1.86. The molecule has 110 valence electrons. The van der Waals surface area contributed by atoms with Crippen molar-refractivity contribution in [1.82, 2.24) is 0 Å². The quantitative estimate of drug-likeness (QED) is 0.468. The fraction of sp³-hybridized carbons (Fsp3) is 0.250. The Labute approximate surface area is 152 Å². The van der Waals surface area contributed by atoms with Gasteiger partial charge in [0.25, 0.3) is 0 Å². The normalized spacial score (nSPS) is 12.1. The molecular weight excluding hydrogens is 355 g/mol. The third-order valence-corrected chi connectivity index (χ3v) is 3.81. The molecule has 0 radical (unpaired) electrons. The summed E-state index contributed by atoms with van der Waals surface area (Å²) in [5, 5.41) is 0. The predicted molar refractivity (Wildman–Crippen MR) is 77.1 cm³/mol. The first-order valence-electron chi connectivity index (χ1n) is 6.47. The van der Waals surface area contributed by atoms with Crippen LogP contribution in [0.2, 0.25) is 19.6 Å². The van der Waals surface area contributed by atoms with Gasteiger partial charge in [-0.05, 0) is 0 Å². The Balaban J connectivity index is 0.000000507. The number of fused-ring (bicyclic) bond motifs is 3. The summed E-state index contributed by atoms with van der Waals surface area (Å²) in [6.45, 7) is 5.31. The molecule has 3 rings (SSSR count). The first-order chi connectivity index (χ1) is 8.88. The summed E-state index contributed by atoms with van der Waals surface area (Å²) in [7, 11) is -1.86. The molecule has 0 atom stereocenters. The van der Waals surface area contributed by atoms with Gasteiger partial charge in [0.05, 0.1) is 0 Å². The first kappa shape index (κ1) is 20.9. The topological polar surface area (TPSA) is 23.1 Å². The SMILES string of the molecule is C[Si](C)(C)[O-].[Cl-].[Cl-].[Ti+3][CH]1c2ccccc2-c2ccccc21. The monoisotopic (exact) mass is 372 g/mol. The summed E-state index contributed by atoms with van der Waals surface area (Å²) in [5.41, 5.74) is 5.76. The molecule has 0 aromatic heterocycles. The van der Waals surface area contributed by atoms with E-state index in [2.05, 4.69) is 69.0 Å². The molecule has 0 bridgehead atoms. The van der Waals surface area contributed by atoms with Crippen LogP contribution >= 0.6 is 0 Å². The van der Waals surface area contributed by atoms with E-state index in [1.165, 1.54) is 22.3 Å². The summed E-state index contributed by atoms with van der Waals surface area (Å²) in [6, 6.07) is 17.4. The third-order valence-electron chi connectivity index (χ3n) is 2.83. The van der Waals surface area contributed by atoms with Gasteiger partial charge < -0.3 is 29.6 Å². The molecule has 0 heterocycles. The molecule has 0 saturated carbocycles. The van der Waals surface area contributed by atoms with Gasteiger partial charge in [0.2, 0.25) is 0 Å². The molecule has 0 N–H and O–H groups in total. The molecular formula is C16H18Cl2OSiTi. The van der Waals surface area contributed by atoms with E-state index in [0.29, 0.717) is 4.22 Å². The Bertz CT molecular complexity index is 533. The fourth-order valence-electron chi connectivity index (χ4n) is 2.16. The van der Waals surface area contributed by atoms with E-state index < -0.39 is 8.32 Å². The van der Waals surface area contributed by atoms with Crippen LogP contribution in [-0.4, -0.2) is 8.32 Å². The van der Waals surface area contributed by atoms with Crippen molar-refractivity contribution in [2.45, 2.75) is 23.9 Å². The van der Waals surface area contributed by atoms with Gasteiger partial charge in [-0.3, -0.25) is 0 Å². The number of hydrogen-bond donors (Lipinski definition) is 0. The van der Waals surface area contributed by atoms with E-state index in [4.69, 9.17) is 0 Å². The van der Waals surface area contributed by atoms with Crippen LogP contribution in [0.1, 0.15) is 15.3 Å². The van der Waals surface area contributed by atoms with Crippen molar-refractivity contribution < 1.29 is 50.0 Å². The standard InChI is InChI=1S/C13H9.C3H9OSi.2ClH.Ti/c1-3-7-12-10(5-1)9-11-6-2-4-8-13(11)12;1-5(2,3)4;;;/h1-9H;1-3H3;2*1H;/q;-1;;;+3/p-2. The maximum absolute atomic E-state index is 10.2. The summed E-state index contributed by atoms with van der Waals surface area (Å²) in [6.07, 6.45) is 0. The molecule has 0 amide bonds. The van der Waals surface area contributed by atoms with Crippen molar-refractivity contribution in [1.29, 1.82) is 0 Å². The van der Waals surface area contributed by atoms with Gasteiger partial charge >= 0.3 is 95.4 Å². The summed E-state index contributed by atoms with van der Waals surface area (Å²) >= 11 is 2.28. The Kier molecular flexibility index (Phi) is 8.48. The van der Waals surface area contributed by atoms with Gasteiger partial charge in [-0.25, -0.2) is 0 Å². The van der Waals surface area contributed by atoms with Crippen molar-refractivity contribution in [3.05, 3.63) is 59.7 Å². The van der Waals surface area contributed by atoms with E-state index >= 15 is 0 Å². The third kappa shape index (κ3) is 5.55. The maximum atomic E-state index is 10.2. The van der Waals surface area contributed by atoms with Gasteiger partial charge in [0, 0.05) is 0 Å². The van der Waals surface area contributed by atoms with E-state index in [1.54, 1.807) is 19.6 Å². The molecule has 0 aliphatic heterocycles. The number of benzene rings is 2. The van der Waals surface area contributed by atoms with Crippen LogP contribution in [-0.2, 0) is 20.4 Å². The molecule has 0 unspecified atom stereocenters. The van der Waals surface area contributed by atoms with Gasteiger partial charge in [-0.1, -0.05) is 28.0 Å². The van der Waals surface area contributed by atoms with Crippen LogP contribution in [0.3, 0.4) is 0 Å². The second kappa shape index (κ2) is 8.52. The molecule has 0 fully saturated rings. The average molecular weight is 373 g/mol. The molecule has 21 heavy (non-hydrogen) atoms. The Hall–Kier alpha value is -0.0888. The minimum absolute atomic E-state index is 0. The van der Waals surface area contributed by atoms with E-state index in [0.717, 1.165) is 0 Å². The Morgan fingerprint density at radius 2 is 1.10 bits per heavy atom. The number of hydrogen-bond acceptors (Lipinski definition) is 1. The number of rotatable bonds is 0. The molecule has 0 saturated heterocycles. The van der Waals surface area contributed by atoms with Crippen molar-refractivity contribution in [2.75, 3.05) is 0 Å². The van der Waals surface area contributed by atoms with E-state index in [1.807, 2.05) is 0 Å². The van der Waals surface area contributed by atoms with Gasteiger partial charge in [-0.2, -0.15) is 0 Å². The van der Waals surface area contributed by atoms with Crippen LogP contribution in [0.5, 0.6) is 0 Å². The van der Waals surface area contributed by atoms with Crippen molar-refractivity contribution in [3.8, 4) is 11.1 Å². The van der Waals surface area contributed by atoms with Crippen molar-refractivity contribution in [3.63, 3.8) is 0 Å². The van der Waals surface area contributed by atoms with Crippen LogP contribution in [0, 0.1) is 0 Å². The van der Waals surface area contributed by atoms with Crippen LogP contribution < -0.4 is 29.6 Å². The Morgan fingerprint density at radius 3 is 1.43 bits per heavy atom. The van der Waals surface area contributed by atoms with Crippen LogP contribution in [0.15, 0.2) is 48.5 Å². The second-order valence-corrected chi connectivity index (χ2v) is 10.8. The first-order valence-corrected chi connectivity index (χ1v) is 10.8. The molecule has 1 aliphatic rings. The van der Waals surface area contributed by atoms with Crippen molar-refractivity contribution >= 4 is 8.32 Å². The molecule has 2 aromatic carbocycles.